The Kier molecular flexibility index (Phi) is 4.99. The number of halogens is 1. The van der Waals surface area contributed by atoms with E-state index in [4.69, 9.17) is 16.3 Å². The standard InChI is InChI=1S/C13H16ClN3OS/c1-3-9-7-10(5-6-11(9)14)18-8-12-16-17-13(19-12)15-4-2/h5-7H,3-4,8H2,1-2H3,(H,15,17). The molecule has 2 rings (SSSR count). The molecule has 0 atom stereocenters. The maximum Gasteiger partial charge on any atom is 0.205 e. The van der Waals surface area contributed by atoms with E-state index in [0.29, 0.717) is 6.61 Å². The van der Waals surface area contributed by atoms with E-state index in [1.54, 1.807) is 0 Å². The van der Waals surface area contributed by atoms with E-state index in [9.17, 15) is 0 Å². The van der Waals surface area contributed by atoms with Crippen molar-refractivity contribution in [2.24, 2.45) is 0 Å². The first-order valence-corrected chi connectivity index (χ1v) is 7.39. The van der Waals surface area contributed by atoms with Gasteiger partial charge in [0.15, 0.2) is 5.01 Å². The van der Waals surface area contributed by atoms with Crippen LogP contribution in [0.4, 0.5) is 5.13 Å². The third-order valence-corrected chi connectivity index (χ3v) is 3.78. The smallest absolute Gasteiger partial charge is 0.205 e. The second kappa shape index (κ2) is 6.73. The first-order valence-electron chi connectivity index (χ1n) is 6.20. The van der Waals surface area contributed by atoms with E-state index >= 15 is 0 Å². The van der Waals surface area contributed by atoms with Crippen molar-refractivity contribution < 1.29 is 4.74 Å². The van der Waals surface area contributed by atoms with E-state index in [2.05, 4.69) is 22.4 Å². The van der Waals surface area contributed by atoms with Crippen LogP contribution in [0.1, 0.15) is 24.4 Å². The molecule has 0 saturated carbocycles. The second-order valence-electron chi connectivity index (χ2n) is 3.93. The largest absolute Gasteiger partial charge is 0.486 e. The third-order valence-electron chi connectivity index (χ3n) is 2.56. The van der Waals surface area contributed by atoms with Crippen molar-refractivity contribution in [1.82, 2.24) is 10.2 Å². The zero-order chi connectivity index (χ0) is 13.7. The lowest BCUT2D eigenvalue weighted by molar-refractivity contribution is 0.304. The minimum atomic E-state index is 0.424. The van der Waals surface area contributed by atoms with Gasteiger partial charge in [-0.3, -0.25) is 0 Å². The number of anilines is 1. The molecule has 4 nitrogen and oxygen atoms in total. The van der Waals surface area contributed by atoms with Crippen LogP contribution in [-0.2, 0) is 13.0 Å². The lowest BCUT2D eigenvalue weighted by atomic mass is 10.1. The van der Waals surface area contributed by atoms with Crippen molar-refractivity contribution in [3.05, 3.63) is 33.8 Å². The molecular weight excluding hydrogens is 282 g/mol. The van der Waals surface area contributed by atoms with Gasteiger partial charge in [0.05, 0.1) is 0 Å². The molecule has 0 saturated heterocycles. The van der Waals surface area contributed by atoms with Crippen molar-refractivity contribution in [1.29, 1.82) is 0 Å². The molecule has 6 heteroatoms. The number of hydrogen-bond donors (Lipinski definition) is 1. The molecule has 1 aromatic carbocycles. The van der Waals surface area contributed by atoms with Crippen LogP contribution in [0.3, 0.4) is 0 Å². The number of nitrogens with zero attached hydrogens (tertiary/aromatic N) is 2. The van der Waals surface area contributed by atoms with Gasteiger partial charge in [-0.05, 0) is 37.1 Å². The maximum atomic E-state index is 6.07. The predicted molar refractivity (Wildman–Crippen MR) is 79.2 cm³/mol. The molecule has 102 valence electrons. The van der Waals surface area contributed by atoms with Gasteiger partial charge in [-0.2, -0.15) is 0 Å². The van der Waals surface area contributed by atoms with Crippen molar-refractivity contribution in [3.63, 3.8) is 0 Å². The monoisotopic (exact) mass is 297 g/mol. The number of rotatable bonds is 6. The Hall–Kier alpha value is -1.33. The van der Waals surface area contributed by atoms with Gasteiger partial charge in [-0.1, -0.05) is 29.9 Å². The Bertz CT molecular complexity index is 544. The summed E-state index contributed by atoms with van der Waals surface area (Å²) in [6.45, 7) is 5.36. The zero-order valence-corrected chi connectivity index (χ0v) is 12.5. The van der Waals surface area contributed by atoms with E-state index < -0.39 is 0 Å². The third kappa shape index (κ3) is 3.81. The Balaban J connectivity index is 1.97. The van der Waals surface area contributed by atoms with Crippen molar-refractivity contribution >= 4 is 28.1 Å². The first kappa shape index (κ1) is 14.1. The normalized spacial score (nSPS) is 10.5. The summed E-state index contributed by atoms with van der Waals surface area (Å²) in [7, 11) is 0. The molecule has 1 N–H and O–H groups in total. The first-order chi connectivity index (χ1) is 9.22. The second-order valence-corrected chi connectivity index (χ2v) is 5.40. The number of hydrogen-bond acceptors (Lipinski definition) is 5. The van der Waals surface area contributed by atoms with Gasteiger partial charge in [-0.15, -0.1) is 10.2 Å². The highest BCUT2D eigenvalue weighted by atomic mass is 35.5. The molecule has 0 aliphatic rings. The summed E-state index contributed by atoms with van der Waals surface area (Å²) in [5, 5.41) is 13.7. The van der Waals surface area contributed by atoms with E-state index in [1.807, 2.05) is 25.1 Å². The quantitative estimate of drug-likeness (QED) is 0.882. The van der Waals surface area contributed by atoms with Crippen LogP contribution in [0, 0.1) is 0 Å². The van der Waals surface area contributed by atoms with Gasteiger partial charge >= 0.3 is 0 Å². The Morgan fingerprint density at radius 1 is 1.32 bits per heavy atom. The van der Waals surface area contributed by atoms with Crippen molar-refractivity contribution in [3.8, 4) is 5.75 Å². The molecule has 2 aromatic rings. The molecule has 1 aromatic heterocycles. The zero-order valence-electron chi connectivity index (χ0n) is 10.9. The summed E-state index contributed by atoms with van der Waals surface area (Å²) in [5.74, 6) is 0.807. The van der Waals surface area contributed by atoms with E-state index in [-0.39, 0.29) is 0 Å². The number of aryl methyl sites for hydroxylation is 1. The molecule has 19 heavy (non-hydrogen) atoms. The Morgan fingerprint density at radius 3 is 2.89 bits per heavy atom. The van der Waals surface area contributed by atoms with Gasteiger partial charge < -0.3 is 10.1 Å². The highest BCUT2D eigenvalue weighted by Gasteiger charge is 2.05. The molecule has 0 aliphatic carbocycles. The average Bonchev–Trinajstić information content (AvgIpc) is 2.86. The SMILES string of the molecule is CCNc1nnc(COc2ccc(Cl)c(CC)c2)s1. The molecule has 0 bridgehead atoms. The van der Waals surface area contributed by atoms with Crippen molar-refractivity contribution in [2.45, 2.75) is 26.9 Å². The van der Waals surface area contributed by atoms with Crippen molar-refractivity contribution in [2.75, 3.05) is 11.9 Å². The van der Waals surface area contributed by atoms with Crippen LogP contribution in [0.5, 0.6) is 5.75 Å². The summed E-state index contributed by atoms with van der Waals surface area (Å²) >= 11 is 7.57. The summed E-state index contributed by atoms with van der Waals surface area (Å²) in [5.41, 5.74) is 1.09. The maximum absolute atomic E-state index is 6.07. The summed E-state index contributed by atoms with van der Waals surface area (Å²) < 4.78 is 5.70. The molecule has 0 amide bonds. The van der Waals surface area contributed by atoms with Gasteiger partial charge in [-0.25, -0.2) is 0 Å². The van der Waals surface area contributed by atoms with Gasteiger partial charge in [0.1, 0.15) is 12.4 Å². The predicted octanol–water partition coefficient (Wildman–Crippen LogP) is 3.76. The van der Waals surface area contributed by atoms with Gasteiger partial charge in [0, 0.05) is 11.6 Å². The highest BCUT2D eigenvalue weighted by molar-refractivity contribution is 7.15. The van der Waals surface area contributed by atoms with E-state index in [0.717, 1.165) is 39.4 Å². The van der Waals surface area contributed by atoms with Gasteiger partial charge in [0.2, 0.25) is 5.13 Å². The summed E-state index contributed by atoms with van der Waals surface area (Å²) in [4.78, 5) is 0. The van der Waals surface area contributed by atoms with Gasteiger partial charge in [0.25, 0.3) is 0 Å². The molecule has 0 fully saturated rings. The number of benzene rings is 1. The lowest BCUT2D eigenvalue weighted by Crippen LogP contribution is -1.95. The van der Waals surface area contributed by atoms with Crippen LogP contribution >= 0.6 is 22.9 Å². The van der Waals surface area contributed by atoms with Crippen LogP contribution in [0.2, 0.25) is 5.02 Å². The lowest BCUT2D eigenvalue weighted by Gasteiger charge is -2.06. The number of nitrogens with one attached hydrogen (secondary N) is 1. The molecule has 0 unspecified atom stereocenters. The minimum Gasteiger partial charge on any atom is -0.486 e. The highest BCUT2D eigenvalue weighted by Crippen LogP contribution is 2.24. The molecular formula is C13H16ClN3OS. The summed E-state index contributed by atoms with van der Waals surface area (Å²) in [6.07, 6.45) is 0.888. The van der Waals surface area contributed by atoms with E-state index in [1.165, 1.54) is 11.3 Å². The Labute approximate surface area is 121 Å². The fourth-order valence-electron chi connectivity index (χ4n) is 1.59. The fraction of sp³-hybridized carbons (Fsp3) is 0.385. The van der Waals surface area contributed by atoms with Crippen LogP contribution in [0.15, 0.2) is 18.2 Å². The Morgan fingerprint density at radius 2 is 2.16 bits per heavy atom. The number of ether oxygens (including phenoxy) is 1. The number of aromatic nitrogens is 2. The van der Waals surface area contributed by atoms with Crippen LogP contribution < -0.4 is 10.1 Å². The molecule has 0 aliphatic heterocycles. The topological polar surface area (TPSA) is 47.0 Å². The van der Waals surface area contributed by atoms with Crippen LogP contribution in [0.25, 0.3) is 0 Å². The molecule has 0 spiro atoms. The van der Waals surface area contributed by atoms with Crippen LogP contribution in [-0.4, -0.2) is 16.7 Å². The fourth-order valence-corrected chi connectivity index (χ4v) is 2.56. The summed E-state index contributed by atoms with van der Waals surface area (Å²) in [6, 6.07) is 5.70. The molecule has 0 radical (unpaired) electrons. The molecule has 1 heterocycles. The minimum absolute atomic E-state index is 0.424. The average molecular weight is 298 g/mol.